The number of aromatic nitrogens is 3. The van der Waals surface area contributed by atoms with Gasteiger partial charge in [0.2, 0.25) is 5.78 Å². The van der Waals surface area contributed by atoms with E-state index in [2.05, 4.69) is 27.1 Å². The first kappa shape index (κ1) is 18.9. The van der Waals surface area contributed by atoms with Crippen molar-refractivity contribution in [2.75, 3.05) is 18.8 Å². The van der Waals surface area contributed by atoms with Gasteiger partial charge in [0.1, 0.15) is 11.6 Å². The third-order valence-electron chi connectivity index (χ3n) is 5.83. The molecule has 0 spiro atoms. The van der Waals surface area contributed by atoms with Gasteiger partial charge in [0, 0.05) is 23.9 Å². The Balaban J connectivity index is 1.28. The van der Waals surface area contributed by atoms with Crippen LogP contribution in [0.3, 0.4) is 0 Å². The number of aromatic hydroxyl groups is 1. The lowest BCUT2D eigenvalue weighted by Gasteiger charge is -2.36. The number of imidazole rings is 1. The maximum absolute atomic E-state index is 10.1. The normalized spacial score (nSPS) is 21.7. The topological polar surface area (TPSA) is 97.7 Å². The third kappa shape index (κ3) is 3.84. The number of nitrogens with zero attached hydrogens (tertiary/aromatic N) is 3. The predicted octanol–water partition coefficient (Wildman–Crippen LogP) is 2.58. The molecular weight excluding hydrogens is 378 g/mol. The first-order valence-electron chi connectivity index (χ1n) is 10.5. The lowest BCUT2D eigenvalue weighted by Crippen LogP contribution is -2.39. The predicted molar refractivity (Wildman–Crippen MR) is 115 cm³/mol. The summed E-state index contributed by atoms with van der Waals surface area (Å²) in [4.78, 5) is 8.86. The van der Waals surface area contributed by atoms with E-state index in [4.69, 9.17) is 10.5 Å². The molecule has 0 bridgehead atoms. The lowest BCUT2D eigenvalue weighted by molar-refractivity contribution is -0.0743. The number of hydrogen-bond acceptors (Lipinski definition) is 6. The van der Waals surface area contributed by atoms with Crippen LogP contribution in [0.5, 0.6) is 5.75 Å². The van der Waals surface area contributed by atoms with E-state index in [0.29, 0.717) is 46.5 Å². The highest BCUT2D eigenvalue weighted by atomic mass is 16.5. The Bertz CT molecular complexity index is 1120. The van der Waals surface area contributed by atoms with Gasteiger partial charge in [-0.3, -0.25) is 4.40 Å². The zero-order valence-corrected chi connectivity index (χ0v) is 16.7. The average molecular weight is 403 g/mol. The fourth-order valence-corrected chi connectivity index (χ4v) is 4.03. The third-order valence-corrected chi connectivity index (χ3v) is 5.83. The molecular formula is C23H25N5O2. The van der Waals surface area contributed by atoms with E-state index >= 15 is 0 Å². The number of phenolic OH excluding ortho intramolecular Hbond substituents is 1. The summed E-state index contributed by atoms with van der Waals surface area (Å²) in [7, 11) is 0. The van der Waals surface area contributed by atoms with Crippen LogP contribution < -0.4 is 11.1 Å². The van der Waals surface area contributed by atoms with Crippen molar-refractivity contribution in [1.29, 1.82) is 0 Å². The maximum atomic E-state index is 10.1. The molecule has 30 heavy (non-hydrogen) atoms. The van der Waals surface area contributed by atoms with Crippen molar-refractivity contribution in [3.05, 3.63) is 42.2 Å². The number of nitrogens with two attached hydrogens (primary N) is 1. The molecule has 7 heteroatoms. The standard InChI is InChI=1S/C23H25N5O2/c24-22-16(6-5-15-11-18(12-15)30-17-7-9-25-10-8-17)13-28-14-20(26-23(28)27-22)19-3-1-2-4-21(19)29/h1-4,13-15,17-18,25,29H,7-12H2,(H2,24,26,27)/t15-,18-. The second kappa shape index (κ2) is 7.98. The number of benzene rings is 1. The summed E-state index contributed by atoms with van der Waals surface area (Å²) in [5, 5.41) is 13.4. The number of ether oxygens (including phenoxy) is 1. The minimum Gasteiger partial charge on any atom is -0.507 e. The molecule has 0 radical (unpaired) electrons. The van der Waals surface area contributed by atoms with Gasteiger partial charge in [0.05, 0.1) is 23.5 Å². The summed E-state index contributed by atoms with van der Waals surface area (Å²) in [6.45, 7) is 2.10. The van der Waals surface area contributed by atoms with E-state index in [1.807, 2.05) is 24.5 Å². The van der Waals surface area contributed by atoms with Gasteiger partial charge in [-0.15, -0.1) is 0 Å². The molecule has 1 aliphatic heterocycles. The highest BCUT2D eigenvalue weighted by Crippen LogP contribution is 2.32. The number of rotatable bonds is 3. The summed E-state index contributed by atoms with van der Waals surface area (Å²) in [6.07, 6.45) is 8.57. The van der Waals surface area contributed by atoms with Crippen molar-refractivity contribution in [3.63, 3.8) is 0 Å². The number of nitrogen functional groups attached to an aromatic ring is 1. The molecule has 0 unspecified atom stereocenters. The number of phenols is 1. The Hall–Kier alpha value is -3.08. The van der Waals surface area contributed by atoms with Crippen LogP contribution in [0.2, 0.25) is 0 Å². The van der Waals surface area contributed by atoms with Gasteiger partial charge in [-0.2, -0.15) is 4.98 Å². The van der Waals surface area contributed by atoms with E-state index in [-0.39, 0.29) is 5.75 Å². The van der Waals surface area contributed by atoms with Crippen LogP contribution in [-0.4, -0.2) is 44.8 Å². The number of anilines is 1. The molecule has 4 N–H and O–H groups in total. The van der Waals surface area contributed by atoms with Gasteiger partial charge in [0.15, 0.2) is 0 Å². The molecule has 154 valence electrons. The molecule has 1 aliphatic carbocycles. The minimum atomic E-state index is 0.181. The summed E-state index contributed by atoms with van der Waals surface area (Å²) in [6, 6.07) is 7.10. The fourth-order valence-electron chi connectivity index (χ4n) is 4.03. The summed E-state index contributed by atoms with van der Waals surface area (Å²) >= 11 is 0. The molecule has 2 fully saturated rings. The Labute approximate surface area is 175 Å². The van der Waals surface area contributed by atoms with Crippen LogP contribution in [0.15, 0.2) is 36.7 Å². The van der Waals surface area contributed by atoms with Gasteiger partial charge in [-0.25, -0.2) is 4.98 Å². The van der Waals surface area contributed by atoms with E-state index in [1.54, 1.807) is 16.5 Å². The van der Waals surface area contributed by atoms with Gasteiger partial charge in [-0.1, -0.05) is 24.0 Å². The molecule has 2 aliphatic rings. The molecule has 1 saturated carbocycles. The van der Waals surface area contributed by atoms with E-state index < -0.39 is 0 Å². The van der Waals surface area contributed by atoms with Crippen LogP contribution in [-0.2, 0) is 4.74 Å². The molecule has 1 aromatic carbocycles. The van der Waals surface area contributed by atoms with E-state index in [1.165, 1.54) is 0 Å². The Morgan fingerprint density at radius 2 is 1.90 bits per heavy atom. The van der Waals surface area contributed by atoms with Gasteiger partial charge in [-0.05, 0) is 50.9 Å². The van der Waals surface area contributed by atoms with Crippen molar-refractivity contribution in [2.24, 2.45) is 5.92 Å². The summed E-state index contributed by atoms with van der Waals surface area (Å²) in [5.74, 6) is 7.88. The zero-order valence-electron chi connectivity index (χ0n) is 16.7. The van der Waals surface area contributed by atoms with E-state index in [9.17, 15) is 5.11 Å². The molecule has 5 rings (SSSR count). The molecule has 0 atom stereocenters. The molecule has 7 nitrogen and oxygen atoms in total. The zero-order chi connectivity index (χ0) is 20.5. The van der Waals surface area contributed by atoms with Crippen LogP contribution in [0, 0.1) is 17.8 Å². The molecule has 3 heterocycles. The molecule has 1 saturated heterocycles. The first-order chi connectivity index (χ1) is 14.7. The number of piperidine rings is 1. The SMILES string of the molecule is Nc1nc2nc(-c3ccccc3O)cn2cc1C#C[C@H]1C[C@H](OC2CCNCC2)C1. The number of nitrogens with one attached hydrogen (secondary N) is 1. The maximum Gasteiger partial charge on any atom is 0.236 e. The van der Waals surface area contributed by atoms with Gasteiger partial charge >= 0.3 is 0 Å². The number of hydrogen-bond donors (Lipinski definition) is 3. The Kier molecular flexibility index (Phi) is 5.03. The lowest BCUT2D eigenvalue weighted by atomic mass is 9.82. The smallest absolute Gasteiger partial charge is 0.236 e. The Morgan fingerprint density at radius 3 is 2.70 bits per heavy atom. The summed E-state index contributed by atoms with van der Waals surface area (Å²) < 4.78 is 7.97. The van der Waals surface area contributed by atoms with Crippen molar-refractivity contribution in [1.82, 2.24) is 19.7 Å². The second-order valence-corrected chi connectivity index (χ2v) is 8.04. The van der Waals surface area contributed by atoms with Crippen LogP contribution in [0.1, 0.15) is 31.2 Å². The van der Waals surface area contributed by atoms with E-state index in [0.717, 1.165) is 38.8 Å². The largest absolute Gasteiger partial charge is 0.507 e. The Morgan fingerprint density at radius 1 is 1.10 bits per heavy atom. The quantitative estimate of drug-likeness (QED) is 0.582. The molecule has 2 aromatic heterocycles. The highest BCUT2D eigenvalue weighted by Gasteiger charge is 2.31. The van der Waals surface area contributed by atoms with Crippen LogP contribution in [0.4, 0.5) is 5.82 Å². The van der Waals surface area contributed by atoms with Crippen molar-refractivity contribution in [3.8, 4) is 28.8 Å². The monoisotopic (exact) mass is 403 g/mol. The highest BCUT2D eigenvalue weighted by molar-refractivity contribution is 5.68. The van der Waals surface area contributed by atoms with Gasteiger partial charge < -0.3 is 20.9 Å². The minimum absolute atomic E-state index is 0.181. The number of para-hydroxylation sites is 1. The molecule has 3 aromatic rings. The average Bonchev–Trinajstić information content (AvgIpc) is 3.13. The second-order valence-electron chi connectivity index (χ2n) is 8.04. The molecule has 0 amide bonds. The fraction of sp³-hybridized carbons (Fsp3) is 0.391. The summed E-state index contributed by atoms with van der Waals surface area (Å²) in [5.41, 5.74) is 8.10. The first-order valence-corrected chi connectivity index (χ1v) is 10.5. The van der Waals surface area contributed by atoms with Crippen molar-refractivity contribution < 1.29 is 9.84 Å². The van der Waals surface area contributed by atoms with Crippen LogP contribution in [0.25, 0.3) is 17.0 Å². The van der Waals surface area contributed by atoms with Gasteiger partial charge in [0.25, 0.3) is 0 Å². The van der Waals surface area contributed by atoms with Crippen molar-refractivity contribution in [2.45, 2.75) is 37.9 Å². The van der Waals surface area contributed by atoms with Crippen LogP contribution >= 0.6 is 0 Å². The number of fused-ring (bicyclic) bond motifs is 1. The van der Waals surface area contributed by atoms with Crippen molar-refractivity contribution >= 4 is 11.6 Å².